The minimum absolute atomic E-state index is 0.0274. The van der Waals surface area contributed by atoms with Crippen molar-refractivity contribution in [2.75, 3.05) is 13.2 Å². The molecular weight excluding hydrogens is 329 g/mol. The second-order valence-electron chi connectivity index (χ2n) is 4.71. The van der Waals surface area contributed by atoms with E-state index >= 15 is 0 Å². The van der Waals surface area contributed by atoms with Crippen molar-refractivity contribution in [1.82, 2.24) is 0 Å². The van der Waals surface area contributed by atoms with Crippen LogP contribution in [0.4, 0.5) is 0 Å². The summed E-state index contributed by atoms with van der Waals surface area (Å²) >= 11 is 1.27. The fourth-order valence-corrected chi connectivity index (χ4v) is 4.48. The number of ketones is 1. The molecule has 0 bridgehead atoms. The topological polar surface area (TPSA) is 95.7 Å². The van der Waals surface area contributed by atoms with Crippen LogP contribution < -0.4 is 0 Å². The van der Waals surface area contributed by atoms with Crippen LogP contribution in [0.25, 0.3) is 0 Å². The molecule has 0 aromatic carbocycles. The van der Waals surface area contributed by atoms with Gasteiger partial charge in [-0.1, -0.05) is 6.07 Å². The molecule has 1 rings (SSSR count). The summed E-state index contributed by atoms with van der Waals surface area (Å²) in [6, 6.07) is 3.39. The van der Waals surface area contributed by atoms with Crippen molar-refractivity contribution in [3.63, 3.8) is 0 Å². The number of hydrogen-bond donors (Lipinski definition) is 0. The third kappa shape index (κ3) is 4.01. The van der Waals surface area contributed by atoms with E-state index in [9.17, 15) is 19.5 Å². The van der Waals surface area contributed by atoms with E-state index in [1.807, 2.05) is 0 Å². The molecule has 1 atom stereocenters. The Morgan fingerprint density at radius 3 is 2.41 bits per heavy atom. The van der Waals surface area contributed by atoms with E-state index < -0.39 is 17.8 Å². The molecule has 0 aliphatic heterocycles. The highest BCUT2D eigenvalue weighted by Gasteiger charge is 2.58. The van der Waals surface area contributed by atoms with Gasteiger partial charge in [-0.3, -0.25) is 19.5 Å². The van der Waals surface area contributed by atoms with Gasteiger partial charge in [0, 0.05) is 24.7 Å². The summed E-state index contributed by atoms with van der Waals surface area (Å²) in [6.07, 6.45) is -0.309. The van der Waals surface area contributed by atoms with Crippen LogP contribution in [-0.2, 0) is 13.6 Å². The van der Waals surface area contributed by atoms with Crippen molar-refractivity contribution >= 4 is 24.7 Å². The molecule has 1 aromatic heterocycles. The molecule has 0 aliphatic rings. The van der Waals surface area contributed by atoms with E-state index in [1.165, 1.54) is 18.3 Å². The summed E-state index contributed by atoms with van der Waals surface area (Å²) in [5.74, 6) is -0.220. The molecule has 7 nitrogen and oxygen atoms in total. The first kappa shape index (κ1) is 19.0. The number of nitro groups is 1. The minimum atomic E-state index is -3.98. The summed E-state index contributed by atoms with van der Waals surface area (Å²) < 4.78 is 23.0. The van der Waals surface area contributed by atoms with Crippen molar-refractivity contribution in [3.05, 3.63) is 32.5 Å². The molecule has 0 fully saturated rings. The first-order valence-electron chi connectivity index (χ1n) is 6.91. The molecule has 1 unspecified atom stereocenters. The fourth-order valence-electron chi connectivity index (χ4n) is 1.89. The van der Waals surface area contributed by atoms with Crippen molar-refractivity contribution in [2.24, 2.45) is 0 Å². The largest absolute Gasteiger partial charge is 0.406 e. The molecule has 0 amide bonds. The molecule has 124 valence electrons. The molecule has 1 aromatic rings. The van der Waals surface area contributed by atoms with Gasteiger partial charge in [0.2, 0.25) is 0 Å². The maximum Gasteiger partial charge on any atom is 0.406 e. The molecule has 9 heteroatoms. The predicted molar refractivity (Wildman–Crippen MR) is 84.1 cm³/mol. The highest BCUT2D eigenvalue weighted by Crippen LogP contribution is 2.61. The second kappa shape index (κ2) is 7.97. The van der Waals surface area contributed by atoms with E-state index in [-0.39, 0.29) is 31.8 Å². The standard InChI is InChI=1S/C13H20NO6PS/c1-4-19-21(18,20-5-2)13(3,14(16)17)9-8-11(15)12-7-6-10-22-12/h6-7,10H,4-5,8-9H2,1-3H3. The molecule has 22 heavy (non-hydrogen) atoms. The molecule has 0 radical (unpaired) electrons. The van der Waals surface area contributed by atoms with Gasteiger partial charge in [-0.15, -0.1) is 11.3 Å². The zero-order valence-electron chi connectivity index (χ0n) is 12.8. The van der Waals surface area contributed by atoms with Crippen LogP contribution in [0, 0.1) is 10.1 Å². The Bertz CT molecular complexity index is 551. The van der Waals surface area contributed by atoms with E-state index in [1.54, 1.807) is 31.4 Å². The van der Waals surface area contributed by atoms with Gasteiger partial charge in [-0.2, -0.15) is 0 Å². The summed E-state index contributed by atoms with van der Waals surface area (Å²) in [4.78, 5) is 23.4. The lowest BCUT2D eigenvalue weighted by Crippen LogP contribution is -2.37. The van der Waals surface area contributed by atoms with E-state index in [0.29, 0.717) is 4.88 Å². The van der Waals surface area contributed by atoms with Crippen LogP contribution >= 0.6 is 18.9 Å². The van der Waals surface area contributed by atoms with Crippen molar-refractivity contribution in [3.8, 4) is 0 Å². The predicted octanol–water partition coefficient (Wildman–Crippen LogP) is 3.97. The molecule has 0 saturated carbocycles. The summed E-state index contributed by atoms with van der Waals surface area (Å²) in [5.41, 5.74) is 0. The zero-order chi connectivity index (χ0) is 16.8. The molecular formula is C13H20NO6PS. The SMILES string of the molecule is CCOP(=O)(OCC)C(C)(CCC(=O)c1cccs1)[N+](=O)[O-]. The summed E-state index contributed by atoms with van der Waals surface area (Å²) in [7, 11) is -3.98. The van der Waals surface area contributed by atoms with E-state index in [0.717, 1.165) is 0 Å². The molecule has 0 saturated heterocycles. The third-order valence-corrected chi connectivity index (χ3v) is 6.88. The van der Waals surface area contributed by atoms with Gasteiger partial charge in [0.1, 0.15) is 0 Å². The van der Waals surface area contributed by atoms with Crippen LogP contribution in [0.15, 0.2) is 17.5 Å². The molecule has 0 N–H and O–H groups in total. The first-order chi connectivity index (χ1) is 10.3. The number of Topliss-reactive ketones (excluding diaryl/α,β-unsaturated/α-hetero) is 1. The van der Waals surface area contributed by atoms with Crippen molar-refractivity contribution < 1.29 is 23.3 Å². The number of nitrogens with zero attached hydrogens (tertiary/aromatic N) is 1. The molecule has 0 aliphatic carbocycles. The maximum atomic E-state index is 12.8. The number of thiophene rings is 1. The quantitative estimate of drug-likeness (QED) is 0.274. The average molecular weight is 349 g/mol. The van der Waals surface area contributed by atoms with Crippen LogP contribution in [-0.4, -0.2) is 29.2 Å². The molecule has 1 heterocycles. The van der Waals surface area contributed by atoms with E-state index in [2.05, 4.69) is 0 Å². The Balaban J connectivity index is 2.97. The lowest BCUT2D eigenvalue weighted by molar-refractivity contribution is -0.541. The monoisotopic (exact) mass is 349 g/mol. The van der Waals surface area contributed by atoms with Gasteiger partial charge < -0.3 is 9.05 Å². The van der Waals surface area contributed by atoms with Gasteiger partial charge in [-0.05, 0) is 25.3 Å². The van der Waals surface area contributed by atoms with Crippen molar-refractivity contribution in [1.29, 1.82) is 0 Å². The van der Waals surface area contributed by atoms with E-state index in [4.69, 9.17) is 9.05 Å². The average Bonchev–Trinajstić information content (AvgIpc) is 2.98. The smallest absolute Gasteiger partial charge is 0.304 e. The Kier molecular flexibility index (Phi) is 6.87. The number of rotatable bonds is 10. The Morgan fingerprint density at radius 1 is 1.41 bits per heavy atom. The molecule has 0 spiro atoms. The number of carbonyl (C=O) groups excluding carboxylic acids is 1. The van der Waals surface area contributed by atoms with Gasteiger partial charge in [0.25, 0.3) is 0 Å². The summed E-state index contributed by atoms with van der Waals surface area (Å²) in [5, 5.41) is 11.3. The lowest BCUT2D eigenvalue weighted by Gasteiger charge is -2.28. The fraction of sp³-hybridized carbons (Fsp3) is 0.615. The Hall–Kier alpha value is -1.08. The third-order valence-electron chi connectivity index (χ3n) is 3.20. The number of carbonyl (C=O) groups is 1. The normalized spacial score (nSPS) is 14.5. The Labute approximate surface area is 133 Å². The zero-order valence-corrected chi connectivity index (χ0v) is 14.5. The summed E-state index contributed by atoms with van der Waals surface area (Å²) in [6.45, 7) is 4.44. The van der Waals surface area contributed by atoms with Gasteiger partial charge in [0.15, 0.2) is 5.78 Å². The van der Waals surface area contributed by atoms with Crippen LogP contribution in [0.5, 0.6) is 0 Å². The maximum absolute atomic E-state index is 12.8. The first-order valence-corrected chi connectivity index (χ1v) is 9.33. The highest BCUT2D eigenvalue weighted by molar-refractivity contribution is 7.55. The minimum Gasteiger partial charge on any atom is -0.304 e. The van der Waals surface area contributed by atoms with Gasteiger partial charge in [0.05, 0.1) is 18.1 Å². The Morgan fingerprint density at radius 2 is 2.00 bits per heavy atom. The van der Waals surface area contributed by atoms with Crippen molar-refractivity contribution in [2.45, 2.75) is 38.9 Å². The van der Waals surface area contributed by atoms with Crippen LogP contribution in [0.2, 0.25) is 0 Å². The second-order valence-corrected chi connectivity index (χ2v) is 8.13. The lowest BCUT2D eigenvalue weighted by atomic mass is 10.1. The number of hydrogen-bond acceptors (Lipinski definition) is 7. The van der Waals surface area contributed by atoms with Crippen LogP contribution in [0.1, 0.15) is 43.3 Å². The highest BCUT2D eigenvalue weighted by atomic mass is 32.1. The van der Waals surface area contributed by atoms with Gasteiger partial charge in [-0.25, -0.2) is 0 Å². The van der Waals surface area contributed by atoms with Gasteiger partial charge >= 0.3 is 12.9 Å². The van der Waals surface area contributed by atoms with Crippen LogP contribution in [0.3, 0.4) is 0 Å².